The van der Waals surface area contributed by atoms with E-state index in [1.807, 2.05) is 0 Å². The van der Waals surface area contributed by atoms with Gasteiger partial charge in [-0.25, -0.2) is 4.79 Å². The Morgan fingerprint density at radius 2 is 1.47 bits per heavy atom. The number of esters is 3. The average molecular weight is 420 g/mol. The summed E-state index contributed by atoms with van der Waals surface area (Å²) in [7, 11) is 1.38. The minimum Gasteiger partial charge on any atom is -0.491 e. The van der Waals surface area contributed by atoms with Crippen molar-refractivity contribution >= 4 is 17.9 Å². The zero-order valence-corrected chi connectivity index (χ0v) is 17.2. The molecule has 164 valence electrons. The molecule has 0 atom stereocenters. The van der Waals surface area contributed by atoms with Crippen molar-refractivity contribution < 1.29 is 38.1 Å². The Morgan fingerprint density at radius 1 is 0.900 bits per heavy atom. The Labute approximate surface area is 176 Å². The average Bonchev–Trinajstić information content (AvgIpc) is 2.78. The summed E-state index contributed by atoms with van der Waals surface area (Å²) in [4.78, 5) is 34.7. The van der Waals surface area contributed by atoms with E-state index in [1.54, 1.807) is 24.3 Å². The lowest BCUT2D eigenvalue weighted by atomic mass is 9.82. The molecule has 8 heteroatoms. The van der Waals surface area contributed by atoms with Crippen molar-refractivity contribution in [2.75, 3.05) is 33.5 Å². The van der Waals surface area contributed by atoms with Gasteiger partial charge in [0.15, 0.2) is 0 Å². The smallest absolute Gasteiger partial charge is 0.330 e. The number of benzene rings is 1. The molecule has 0 amide bonds. The van der Waals surface area contributed by atoms with Crippen LogP contribution in [0.25, 0.3) is 0 Å². The lowest BCUT2D eigenvalue weighted by Gasteiger charge is -2.25. The Bertz CT molecular complexity index is 704. The number of carbonyl (C=O) groups is 3. The summed E-state index contributed by atoms with van der Waals surface area (Å²) in [6.45, 7) is 4.42. The molecule has 0 unspecified atom stereocenters. The van der Waals surface area contributed by atoms with Crippen molar-refractivity contribution in [2.45, 2.75) is 25.7 Å². The quantitative estimate of drug-likeness (QED) is 0.233. The molecule has 0 aromatic heterocycles. The highest BCUT2D eigenvalue weighted by molar-refractivity contribution is 5.81. The van der Waals surface area contributed by atoms with Crippen molar-refractivity contribution in [3.63, 3.8) is 0 Å². The zero-order valence-electron chi connectivity index (χ0n) is 17.2. The van der Waals surface area contributed by atoms with E-state index < -0.39 is 5.97 Å². The molecule has 8 nitrogen and oxygen atoms in total. The molecule has 0 N–H and O–H groups in total. The van der Waals surface area contributed by atoms with Crippen LogP contribution in [0, 0.1) is 11.8 Å². The highest BCUT2D eigenvalue weighted by Gasteiger charge is 2.31. The molecule has 1 aromatic carbocycles. The fraction of sp³-hybridized carbons (Fsp3) is 0.500. The summed E-state index contributed by atoms with van der Waals surface area (Å²) in [5, 5.41) is 0. The molecule has 0 heterocycles. The molecule has 1 fully saturated rings. The van der Waals surface area contributed by atoms with Crippen LogP contribution in [0.1, 0.15) is 25.7 Å². The van der Waals surface area contributed by atoms with Gasteiger partial charge in [0.1, 0.15) is 24.7 Å². The van der Waals surface area contributed by atoms with Crippen molar-refractivity contribution in [2.24, 2.45) is 11.8 Å². The van der Waals surface area contributed by atoms with E-state index >= 15 is 0 Å². The molecule has 0 radical (unpaired) electrons. The first-order valence-corrected chi connectivity index (χ1v) is 9.92. The predicted octanol–water partition coefficient (Wildman–Crippen LogP) is 2.70. The van der Waals surface area contributed by atoms with Gasteiger partial charge in [0.05, 0.1) is 32.2 Å². The van der Waals surface area contributed by atoms with Gasteiger partial charge in [0.2, 0.25) is 0 Å². The molecular formula is C22H28O8. The zero-order chi connectivity index (χ0) is 21.8. The maximum atomic E-state index is 12.3. The van der Waals surface area contributed by atoms with E-state index in [-0.39, 0.29) is 37.0 Å². The predicted molar refractivity (Wildman–Crippen MR) is 107 cm³/mol. The van der Waals surface area contributed by atoms with Gasteiger partial charge in [-0.3, -0.25) is 9.59 Å². The minimum absolute atomic E-state index is 0.123. The summed E-state index contributed by atoms with van der Waals surface area (Å²) in [6.07, 6.45) is 3.61. The standard InChI is InChI=1S/C22H28O8/c1-3-20(23)29-15-13-27-12-14-28-18-8-10-19(11-9-18)30-22(25)17-6-4-16(5-7-17)21(24)26-2/h3,8-11,16-17H,1,4-7,12-15H2,2H3. The van der Waals surface area contributed by atoms with Crippen LogP contribution in [-0.4, -0.2) is 51.4 Å². The lowest BCUT2D eigenvalue weighted by molar-refractivity contribution is -0.149. The second-order valence-corrected chi connectivity index (χ2v) is 6.80. The number of rotatable bonds is 11. The third-order valence-corrected chi connectivity index (χ3v) is 4.77. The number of ether oxygens (including phenoxy) is 5. The molecule has 2 rings (SSSR count). The molecule has 1 aliphatic carbocycles. The molecular weight excluding hydrogens is 392 g/mol. The SMILES string of the molecule is C=CC(=O)OCCOCCOc1ccc(OC(=O)C2CCC(C(=O)OC)CC2)cc1. The largest absolute Gasteiger partial charge is 0.491 e. The van der Waals surface area contributed by atoms with Gasteiger partial charge < -0.3 is 23.7 Å². The fourth-order valence-electron chi connectivity index (χ4n) is 3.12. The third kappa shape index (κ3) is 7.87. The Balaban J connectivity index is 1.63. The normalized spacial score (nSPS) is 18.2. The molecule has 30 heavy (non-hydrogen) atoms. The number of methoxy groups -OCH3 is 1. The highest BCUT2D eigenvalue weighted by Crippen LogP contribution is 2.31. The van der Waals surface area contributed by atoms with Crippen molar-refractivity contribution in [3.8, 4) is 11.5 Å². The van der Waals surface area contributed by atoms with Gasteiger partial charge in [-0.2, -0.15) is 0 Å². The Hall–Kier alpha value is -2.87. The van der Waals surface area contributed by atoms with Crippen LogP contribution in [-0.2, 0) is 28.6 Å². The first kappa shape index (κ1) is 23.4. The Morgan fingerprint density at radius 3 is 2.07 bits per heavy atom. The van der Waals surface area contributed by atoms with Crippen LogP contribution in [0.2, 0.25) is 0 Å². The van der Waals surface area contributed by atoms with Crippen LogP contribution in [0.5, 0.6) is 11.5 Å². The summed E-state index contributed by atoms with van der Waals surface area (Å²) < 4.78 is 25.8. The molecule has 0 saturated heterocycles. The number of hydrogen-bond acceptors (Lipinski definition) is 8. The van der Waals surface area contributed by atoms with Gasteiger partial charge in [-0.15, -0.1) is 0 Å². The maximum absolute atomic E-state index is 12.3. The van der Waals surface area contributed by atoms with Crippen LogP contribution < -0.4 is 9.47 Å². The van der Waals surface area contributed by atoms with Crippen molar-refractivity contribution in [1.29, 1.82) is 0 Å². The maximum Gasteiger partial charge on any atom is 0.330 e. The lowest BCUT2D eigenvalue weighted by Crippen LogP contribution is -2.29. The van der Waals surface area contributed by atoms with Gasteiger partial charge in [0.25, 0.3) is 0 Å². The first-order chi connectivity index (χ1) is 14.5. The molecule has 0 aliphatic heterocycles. The van der Waals surface area contributed by atoms with E-state index in [1.165, 1.54) is 7.11 Å². The number of hydrogen-bond donors (Lipinski definition) is 0. The minimum atomic E-state index is -0.482. The molecule has 1 aliphatic rings. The van der Waals surface area contributed by atoms with Gasteiger partial charge >= 0.3 is 17.9 Å². The Kier molecular flexibility index (Phi) is 9.86. The summed E-state index contributed by atoms with van der Waals surface area (Å²) >= 11 is 0. The summed E-state index contributed by atoms with van der Waals surface area (Å²) in [5.74, 6) is -0.231. The van der Waals surface area contributed by atoms with E-state index in [0.29, 0.717) is 50.4 Å². The van der Waals surface area contributed by atoms with Crippen LogP contribution >= 0.6 is 0 Å². The van der Waals surface area contributed by atoms with Crippen molar-refractivity contribution in [3.05, 3.63) is 36.9 Å². The monoisotopic (exact) mass is 420 g/mol. The topological polar surface area (TPSA) is 97.4 Å². The second kappa shape index (κ2) is 12.6. The van der Waals surface area contributed by atoms with E-state index in [4.69, 9.17) is 23.7 Å². The van der Waals surface area contributed by atoms with Gasteiger partial charge in [-0.05, 0) is 49.9 Å². The van der Waals surface area contributed by atoms with Crippen LogP contribution in [0.15, 0.2) is 36.9 Å². The molecule has 0 bridgehead atoms. The summed E-state index contributed by atoms with van der Waals surface area (Å²) in [6, 6.07) is 6.76. The summed E-state index contributed by atoms with van der Waals surface area (Å²) in [5.41, 5.74) is 0. The molecule has 1 saturated carbocycles. The van der Waals surface area contributed by atoms with Crippen molar-refractivity contribution in [1.82, 2.24) is 0 Å². The number of carbonyl (C=O) groups excluding carboxylic acids is 3. The van der Waals surface area contributed by atoms with Crippen LogP contribution in [0.3, 0.4) is 0 Å². The van der Waals surface area contributed by atoms with E-state index in [9.17, 15) is 14.4 Å². The molecule has 0 spiro atoms. The second-order valence-electron chi connectivity index (χ2n) is 6.80. The van der Waals surface area contributed by atoms with Gasteiger partial charge in [-0.1, -0.05) is 6.58 Å². The highest BCUT2D eigenvalue weighted by atomic mass is 16.6. The third-order valence-electron chi connectivity index (χ3n) is 4.77. The van der Waals surface area contributed by atoms with E-state index in [2.05, 4.69) is 6.58 Å². The molecule has 1 aromatic rings. The first-order valence-electron chi connectivity index (χ1n) is 9.92. The van der Waals surface area contributed by atoms with Gasteiger partial charge in [0, 0.05) is 6.08 Å². The fourth-order valence-corrected chi connectivity index (χ4v) is 3.12. The van der Waals surface area contributed by atoms with E-state index in [0.717, 1.165) is 6.08 Å². The van der Waals surface area contributed by atoms with Crippen LogP contribution in [0.4, 0.5) is 0 Å².